The molecular weight excluding hydrogens is 359 g/mol. The highest BCUT2D eigenvalue weighted by molar-refractivity contribution is 6.42. The SMILES string of the molecule is CC1CC2OC1C(C(=O)Nc1ccc(Cl)c(Cl)c1)C2c1ccncc1. The zero-order chi connectivity index (χ0) is 17.6. The van der Waals surface area contributed by atoms with E-state index in [0.717, 1.165) is 12.0 Å². The predicted molar refractivity (Wildman–Crippen MR) is 98.0 cm³/mol. The predicted octanol–water partition coefficient (Wildman–Crippen LogP) is 4.53. The van der Waals surface area contributed by atoms with Gasteiger partial charge in [-0.1, -0.05) is 30.1 Å². The molecule has 25 heavy (non-hydrogen) atoms. The zero-order valence-electron chi connectivity index (χ0n) is 13.7. The van der Waals surface area contributed by atoms with Crippen molar-refractivity contribution < 1.29 is 9.53 Å². The fraction of sp³-hybridized carbons (Fsp3) is 0.368. The minimum Gasteiger partial charge on any atom is -0.373 e. The average Bonchev–Trinajstić information content (AvgIpc) is 3.16. The molecule has 5 unspecified atom stereocenters. The highest BCUT2D eigenvalue weighted by atomic mass is 35.5. The Morgan fingerprint density at radius 2 is 1.96 bits per heavy atom. The summed E-state index contributed by atoms with van der Waals surface area (Å²) in [7, 11) is 0. The van der Waals surface area contributed by atoms with E-state index in [4.69, 9.17) is 27.9 Å². The van der Waals surface area contributed by atoms with Gasteiger partial charge in [0.1, 0.15) is 0 Å². The minimum absolute atomic E-state index is 0.0424. The Hall–Kier alpha value is -1.62. The smallest absolute Gasteiger partial charge is 0.230 e. The van der Waals surface area contributed by atoms with Crippen molar-refractivity contribution in [3.8, 4) is 0 Å². The molecule has 4 nitrogen and oxygen atoms in total. The Labute approximate surface area is 156 Å². The van der Waals surface area contributed by atoms with Crippen molar-refractivity contribution in [2.24, 2.45) is 11.8 Å². The molecule has 5 atom stereocenters. The fourth-order valence-electron chi connectivity index (χ4n) is 4.12. The summed E-state index contributed by atoms with van der Waals surface area (Å²) >= 11 is 12.0. The molecule has 2 aliphatic rings. The van der Waals surface area contributed by atoms with Crippen molar-refractivity contribution in [3.63, 3.8) is 0 Å². The monoisotopic (exact) mass is 376 g/mol. The first-order valence-corrected chi connectivity index (χ1v) is 9.11. The van der Waals surface area contributed by atoms with Crippen LogP contribution >= 0.6 is 23.2 Å². The quantitative estimate of drug-likeness (QED) is 0.855. The van der Waals surface area contributed by atoms with Gasteiger partial charge >= 0.3 is 0 Å². The van der Waals surface area contributed by atoms with Gasteiger partial charge in [0.05, 0.1) is 28.2 Å². The molecule has 2 aromatic rings. The van der Waals surface area contributed by atoms with Crippen molar-refractivity contribution in [1.82, 2.24) is 4.98 Å². The van der Waals surface area contributed by atoms with Crippen molar-refractivity contribution >= 4 is 34.8 Å². The van der Waals surface area contributed by atoms with Crippen LogP contribution in [0.25, 0.3) is 0 Å². The summed E-state index contributed by atoms with van der Waals surface area (Å²) in [5, 5.41) is 3.86. The molecule has 6 heteroatoms. The van der Waals surface area contributed by atoms with E-state index in [9.17, 15) is 4.79 Å². The molecule has 3 heterocycles. The highest BCUT2D eigenvalue weighted by Crippen LogP contribution is 2.51. The van der Waals surface area contributed by atoms with Gasteiger partial charge in [0.2, 0.25) is 5.91 Å². The standard InChI is InChI=1S/C19H18Cl2N2O2/c1-10-8-15-16(11-4-6-22-7-5-11)17(18(10)25-15)19(24)23-12-2-3-13(20)14(21)9-12/h2-7,9-10,15-18H,8H2,1H3,(H,23,24). The summed E-state index contributed by atoms with van der Waals surface area (Å²) in [6, 6.07) is 9.04. The van der Waals surface area contributed by atoms with Gasteiger partial charge in [-0.15, -0.1) is 0 Å². The van der Waals surface area contributed by atoms with Gasteiger partial charge in [0.25, 0.3) is 0 Å². The van der Waals surface area contributed by atoms with E-state index >= 15 is 0 Å². The maximum absolute atomic E-state index is 13.0. The minimum atomic E-state index is -0.231. The lowest BCUT2D eigenvalue weighted by molar-refractivity contribution is -0.122. The molecule has 1 amide bonds. The van der Waals surface area contributed by atoms with Crippen LogP contribution in [0.3, 0.4) is 0 Å². The molecule has 0 aliphatic carbocycles. The van der Waals surface area contributed by atoms with Crippen molar-refractivity contribution in [1.29, 1.82) is 0 Å². The summed E-state index contributed by atoms with van der Waals surface area (Å²) in [5.41, 5.74) is 1.74. The Bertz CT molecular complexity index is 799. The van der Waals surface area contributed by atoms with Crippen molar-refractivity contribution in [3.05, 3.63) is 58.3 Å². The van der Waals surface area contributed by atoms with E-state index in [1.807, 2.05) is 12.1 Å². The molecule has 130 valence electrons. The lowest BCUT2D eigenvalue weighted by Crippen LogP contribution is -2.39. The van der Waals surface area contributed by atoms with E-state index in [1.54, 1.807) is 30.6 Å². The maximum Gasteiger partial charge on any atom is 0.230 e. The maximum atomic E-state index is 13.0. The van der Waals surface area contributed by atoms with Gasteiger partial charge in [-0.05, 0) is 48.2 Å². The lowest BCUT2D eigenvalue weighted by atomic mass is 9.71. The number of hydrogen-bond acceptors (Lipinski definition) is 3. The molecule has 2 bridgehead atoms. The number of amides is 1. The topological polar surface area (TPSA) is 51.2 Å². The second kappa shape index (κ2) is 6.60. The van der Waals surface area contributed by atoms with E-state index in [1.165, 1.54) is 0 Å². The third-order valence-electron chi connectivity index (χ3n) is 5.22. The van der Waals surface area contributed by atoms with E-state index < -0.39 is 0 Å². The third kappa shape index (κ3) is 3.03. The molecule has 2 fully saturated rings. The van der Waals surface area contributed by atoms with Crippen LogP contribution in [0.5, 0.6) is 0 Å². The number of nitrogens with zero attached hydrogens (tertiary/aromatic N) is 1. The lowest BCUT2D eigenvalue weighted by Gasteiger charge is -2.30. The molecule has 1 N–H and O–H groups in total. The number of halogens is 2. The fourth-order valence-corrected chi connectivity index (χ4v) is 4.42. The van der Waals surface area contributed by atoms with E-state index in [2.05, 4.69) is 17.2 Å². The van der Waals surface area contributed by atoms with Crippen molar-refractivity contribution in [2.45, 2.75) is 31.5 Å². The Balaban J connectivity index is 1.61. The van der Waals surface area contributed by atoms with Crippen LogP contribution in [0.2, 0.25) is 10.0 Å². The first-order chi connectivity index (χ1) is 12.0. The number of carbonyl (C=O) groups excluding carboxylic acids is 1. The molecule has 2 saturated heterocycles. The van der Waals surface area contributed by atoms with E-state index in [0.29, 0.717) is 21.7 Å². The highest BCUT2D eigenvalue weighted by Gasteiger charge is 2.55. The van der Waals surface area contributed by atoms with Crippen LogP contribution in [0.4, 0.5) is 5.69 Å². The van der Waals surface area contributed by atoms with Crippen molar-refractivity contribution in [2.75, 3.05) is 5.32 Å². The number of nitrogens with one attached hydrogen (secondary N) is 1. The number of fused-ring (bicyclic) bond motifs is 2. The van der Waals surface area contributed by atoms with Gasteiger partial charge in [-0.2, -0.15) is 0 Å². The number of rotatable bonds is 3. The van der Waals surface area contributed by atoms with Crippen LogP contribution in [0.15, 0.2) is 42.7 Å². The number of ether oxygens (including phenoxy) is 1. The normalized spacial score (nSPS) is 30.4. The van der Waals surface area contributed by atoms with Crippen LogP contribution in [-0.2, 0) is 9.53 Å². The summed E-state index contributed by atoms with van der Waals surface area (Å²) in [6.07, 6.45) is 4.52. The first-order valence-electron chi connectivity index (χ1n) is 8.36. The van der Waals surface area contributed by atoms with Gasteiger partial charge in [-0.25, -0.2) is 0 Å². The van der Waals surface area contributed by atoms with Gasteiger partial charge in [0.15, 0.2) is 0 Å². The largest absolute Gasteiger partial charge is 0.373 e. The number of pyridine rings is 1. The average molecular weight is 377 g/mol. The molecule has 0 spiro atoms. The second-order valence-corrected chi connectivity index (χ2v) is 7.62. The molecule has 0 radical (unpaired) electrons. The number of benzene rings is 1. The van der Waals surface area contributed by atoms with Gasteiger partial charge in [-0.3, -0.25) is 9.78 Å². The molecule has 2 aliphatic heterocycles. The summed E-state index contributed by atoms with van der Waals surface area (Å²) < 4.78 is 6.14. The van der Waals surface area contributed by atoms with Crippen LogP contribution in [-0.4, -0.2) is 23.1 Å². The van der Waals surface area contributed by atoms with E-state index in [-0.39, 0.29) is 30.0 Å². The number of hydrogen-bond donors (Lipinski definition) is 1. The summed E-state index contributed by atoms with van der Waals surface area (Å²) in [5.74, 6) is 0.143. The third-order valence-corrected chi connectivity index (χ3v) is 5.96. The molecule has 1 aromatic heterocycles. The number of aromatic nitrogens is 1. The van der Waals surface area contributed by atoms with Crippen LogP contribution in [0, 0.1) is 11.8 Å². The van der Waals surface area contributed by atoms with Gasteiger partial charge < -0.3 is 10.1 Å². The van der Waals surface area contributed by atoms with Gasteiger partial charge in [0, 0.05) is 24.0 Å². The molecule has 4 rings (SSSR count). The Morgan fingerprint density at radius 1 is 1.20 bits per heavy atom. The van der Waals surface area contributed by atoms with Crippen LogP contribution < -0.4 is 5.32 Å². The first kappa shape index (κ1) is 16.8. The number of carbonyl (C=O) groups is 1. The molecule has 1 aromatic carbocycles. The van der Waals surface area contributed by atoms with Crippen LogP contribution in [0.1, 0.15) is 24.8 Å². The summed E-state index contributed by atoms with van der Waals surface area (Å²) in [4.78, 5) is 17.1. The number of anilines is 1. The summed E-state index contributed by atoms with van der Waals surface area (Å²) in [6.45, 7) is 2.15. The molecule has 0 saturated carbocycles. The Morgan fingerprint density at radius 3 is 2.68 bits per heavy atom. The Kier molecular flexibility index (Phi) is 4.44. The molecular formula is C19H18Cl2N2O2. The zero-order valence-corrected chi connectivity index (χ0v) is 15.2. The second-order valence-electron chi connectivity index (χ2n) is 6.80.